The quantitative estimate of drug-likeness (QED) is 0.298. The van der Waals surface area contributed by atoms with Gasteiger partial charge in [0.25, 0.3) is 0 Å². The van der Waals surface area contributed by atoms with Gasteiger partial charge in [0.2, 0.25) is 0 Å². The first kappa shape index (κ1) is 22.1. The molecule has 0 saturated carbocycles. The van der Waals surface area contributed by atoms with Crippen LogP contribution in [0.5, 0.6) is 6.01 Å². The fraction of sp³-hybridized carbons (Fsp3) is 0.250. The number of nitrogen functional groups attached to an aromatic ring is 1. The maximum atomic E-state index is 12.5. The molecule has 0 aliphatic carbocycles. The van der Waals surface area contributed by atoms with Crippen LogP contribution in [0.1, 0.15) is 41.3 Å². The van der Waals surface area contributed by atoms with Gasteiger partial charge in [0, 0.05) is 0 Å². The molecule has 2 aromatic heterocycles. The van der Waals surface area contributed by atoms with Crippen LogP contribution in [0.2, 0.25) is 0 Å². The Labute approximate surface area is 190 Å². The van der Waals surface area contributed by atoms with Gasteiger partial charge in [0.1, 0.15) is 12.1 Å². The Hall–Kier alpha value is -4.14. The molecule has 0 spiro atoms. The Morgan fingerprint density at radius 2 is 1.82 bits per heavy atom. The summed E-state index contributed by atoms with van der Waals surface area (Å²) in [5, 5.41) is 0. The molecule has 170 valence electrons. The number of hydrogen-bond acceptors (Lipinski definition) is 7. The molecule has 9 nitrogen and oxygen atoms in total. The number of nitrogens with one attached hydrogen (secondary N) is 1. The number of ether oxygens (including phenoxy) is 2. The molecule has 33 heavy (non-hydrogen) atoms. The number of nitrogens with zero attached hydrogens (tertiary/aromatic N) is 3. The number of fused-ring (bicyclic) bond motifs is 1. The number of benzene rings is 2. The lowest BCUT2D eigenvalue weighted by molar-refractivity contribution is 0.0472. The van der Waals surface area contributed by atoms with Crippen LogP contribution in [0.25, 0.3) is 11.2 Å². The van der Waals surface area contributed by atoms with Gasteiger partial charge in [-0.15, -0.1) is 0 Å². The first-order chi connectivity index (χ1) is 16.0. The molecule has 9 heteroatoms. The SMILES string of the molecule is CCCCOc1nc(N)c2[nH]c(=O)n(Cc3ccc(C(=O)OCc4ccccc4)cc3)c2n1. The van der Waals surface area contributed by atoms with E-state index in [0.717, 1.165) is 24.0 Å². The Kier molecular flexibility index (Phi) is 6.68. The van der Waals surface area contributed by atoms with Crippen molar-refractivity contribution in [2.75, 3.05) is 12.3 Å². The molecule has 0 radical (unpaired) electrons. The molecule has 2 aromatic carbocycles. The van der Waals surface area contributed by atoms with Crippen LogP contribution < -0.4 is 16.2 Å². The number of H-pyrrole nitrogens is 1. The molecule has 0 bridgehead atoms. The lowest BCUT2D eigenvalue weighted by atomic mass is 10.1. The van der Waals surface area contributed by atoms with E-state index >= 15 is 0 Å². The van der Waals surface area contributed by atoms with E-state index in [9.17, 15) is 9.59 Å². The van der Waals surface area contributed by atoms with Crippen molar-refractivity contribution in [3.05, 3.63) is 81.8 Å². The summed E-state index contributed by atoms with van der Waals surface area (Å²) in [5.41, 5.74) is 8.52. The third-order valence-corrected chi connectivity index (χ3v) is 5.10. The molecule has 0 aliphatic rings. The van der Waals surface area contributed by atoms with Crippen LogP contribution in [0.3, 0.4) is 0 Å². The minimum atomic E-state index is -0.413. The number of nitrogens with two attached hydrogens (primary N) is 1. The monoisotopic (exact) mass is 447 g/mol. The minimum Gasteiger partial charge on any atom is -0.463 e. The van der Waals surface area contributed by atoms with Crippen molar-refractivity contribution in [3.8, 4) is 6.01 Å². The van der Waals surface area contributed by atoms with Crippen molar-refractivity contribution in [1.82, 2.24) is 19.5 Å². The second kappa shape index (κ2) is 9.99. The van der Waals surface area contributed by atoms with Gasteiger partial charge >= 0.3 is 17.7 Å². The number of unbranched alkanes of at least 4 members (excludes halogenated alkanes) is 1. The van der Waals surface area contributed by atoms with Crippen molar-refractivity contribution in [2.24, 2.45) is 0 Å². The summed E-state index contributed by atoms with van der Waals surface area (Å²) in [7, 11) is 0. The number of imidazole rings is 1. The topological polar surface area (TPSA) is 125 Å². The van der Waals surface area contributed by atoms with Crippen LogP contribution in [0.15, 0.2) is 59.4 Å². The second-order valence-electron chi connectivity index (χ2n) is 7.57. The Morgan fingerprint density at radius 3 is 2.55 bits per heavy atom. The van der Waals surface area contributed by atoms with Crippen LogP contribution in [0, 0.1) is 0 Å². The summed E-state index contributed by atoms with van der Waals surface area (Å²) in [6.45, 7) is 2.97. The highest BCUT2D eigenvalue weighted by molar-refractivity contribution is 5.89. The molecule has 0 saturated heterocycles. The largest absolute Gasteiger partial charge is 0.463 e. The van der Waals surface area contributed by atoms with Gasteiger partial charge in [0.05, 0.1) is 18.7 Å². The third-order valence-electron chi connectivity index (χ3n) is 5.10. The first-order valence-electron chi connectivity index (χ1n) is 10.7. The Morgan fingerprint density at radius 1 is 1.06 bits per heavy atom. The average molecular weight is 447 g/mol. The Bertz CT molecular complexity index is 1300. The smallest absolute Gasteiger partial charge is 0.338 e. The van der Waals surface area contributed by atoms with Crippen molar-refractivity contribution in [2.45, 2.75) is 32.9 Å². The van der Waals surface area contributed by atoms with E-state index in [1.165, 1.54) is 4.57 Å². The van der Waals surface area contributed by atoms with Gasteiger partial charge in [0.15, 0.2) is 11.5 Å². The number of esters is 1. The number of carbonyl (C=O) groups excluding carboxylic acids is 1. The number of rotatable bonds is 9. The van der Waals surface area contributed by atoms with Gasteiger partial charge in [-0.05, 0) is 29.7 Å². The molecular formula is C24H25N5O4. The van der Waals surface area contributed by atoms with E-state index in [1.807, 2.05) is 30.3 Å². The van der Waals surface area contributed by atoms with Gasteiger partial charge in [-0.25, -0.2) is 9.59 Å². The molecule has 0 unspecified atom stereocenters. The predicted molar refractivity (Wildman–Crippen MR) is 124 cm³/mol. The highest BCUT2D eigenvalue weighted by Crippen LogP contribution is 2.19. The van der Waals surface area contributed by atoms with Gasteiger partial charge in [-0.1, -0.05) is 55.8 Å². The zero-order valence-corrected chi connectivity index (χ0v) is 18.3. The third kappa shape index (κ3) is 5.20. The zero-order valence-electron chi connectivity index (χ0n) is 18.3. The normalized spacial score (nSPS) is 10.9. The Balaban J connectivity index is 1.49. The molecule has 3 N–H and O–H groups in total. The summed E-state index contributed by atoms with van der Waals surface area (Å²) in [6.07, 6.45) is 1.84. The molecule has 0 amide bonds. The van der Waals surface area contributed by atoms with Crippen LogP contribution >= 0.6 is 0 Å². The summed E-state index contributed by atoms with van der Waals surface area (Å²) in [4.78, 5) is 36.0. The number of aromatic nitrogens is 4. The standard InChI is InChI=1S/C24H25N5O4/c1-2-3-13-32-23-27-20(25)19-21(28-23)29(24(31)26-19)14-16-9-11-18(12-10-16)22(30)33-15-17-7-5-4-6-8-17/h4-12H,2-3,13-15H2,1H3,(H,26,31)(H2,25,27,28). The number of aromatic amines is 1. The van der Waals surface area contributed by atoms with E-state index in [1.54, 1.807) is 24.3 Å². The van der Waals surface area contributed by atoms with Crippen LogP contribution in [-0.4, -0.2) is 32.1 Å². The minimum absolute atomic E-state index is 0.137. The van der Waals surface area contributed by atoms with Gasteiger partial charge in [-0.2, -0.15) is 9.97 Å². The maximum absolute atomic E-state index is 12.5. The molecule has 0 aliphatic heterocycles. The summed E-state index contributed by atoms with van der Waals surface area (Å²) < 4.78 is 12.4. The van der Waals surface area contributed by atoms with Gasteiger partial charge in [-0.3, -0.25) is 4.57 Å². The van der Waals surface area contributed by atoms with E-state index < -0.39 is 5.97 Å². The zero-order chi connectivity index (χ0) is 23.2. The average Bonchev–Trinajstić information content (AvgIpc) is 3.14. The lowest BCUT2D eigenvalue weighted by Crippen LogP contribution is -2.18. The maximum Gasteiger partial charge on any atom is 0.338 e. The summed E-state index contributed by atoms with van der Waals surface area (Å²) >= 11 is 0. The van der Waals surface area contributed by atoms with Crippen LogP contribution in [-0.2, 0) is 17.9 Å². The van der Waals surface area contributed by atoms with E-state index in [0.29, 0.717) is 23.3 Å². The summed E-state index contributed by atoms with van der Waals surface area (Å²) in [6, 6.07) is 16.5. The van der Waals surface area contributed by atoms with Crippen molar-refractivity contribution < 1.29 is 14.3 Å². The van der Waals surface area contributed by atoms with Gasteiger partial charge < -0.3 is 20.2 Å². The molecule has 4 aromatic rings. The molecule has 0 fully saturated rings. The van der Waals surface area contributed by atoms with E-state index in [2.05, 4.69) is 21.9 Å². The first-order valence-corrected chi connectivity index (χ1v) is 10.7. The van der Waals surface area contributed by atoms with E-state index in [4.69, 9.17) is 15.2 Å². The second-order valence-corrected chi connectivity index (χ2v) is 7.57. The molecule has 4 rings (SSSR count). The predicted octanol–water partition coefficient (Wildman–Crippen LogP) is 3.29. The molecular weight excluding hydrogens is 422 g/mol. The fourth-order valence-corrected chi connectivity index (χ4v) is 3.29. The molecule has 0 atom stereocenters. The van der Waals surface area contributed by atoms with Crippen molar-refractivity contribution >= 4 is 23.0 Å². The number of carbonyl (C=O) groups is 1. The highest BCUT2D eigenvalue weighted by atomic mass is 16.5. The van der Waals surface area contributed by atoms with Crippen molar-refractivity contribution in [3.63, 3.8) is 0 Å². The lowest BCUT2D eigenvalue weighted by Gasteiger charge is -2.08. The van der Waals surface area contributed by atoms with E-state index in [-0.39, 0.29) is 30.7 Å². The number of hydrogen-bond donors (Lipinski definition) is 2. The van der Waals surface area contributed by atoms with Crippen LogP contribution in [0.4, 0.5) is 5.82 Å². The fourth-order valence-electron chi connectivity index (χ4n) is 3.29. The highest BCUT2D eigenvalue weighted by Gasteiger charge is 2.15. The number of anilines is 1. The van der Waals surface area contributed by atoms with Crippen molar-refractivity contribution in [1.29, 1.82) is 0 Å². The summed E-state index contributed by atoms with van der Waals surface area (Å²) in [5.74, 6) is -0.261. The molecule has 2 heterocycles.